The molecule has 0 aromatic heterocycles. The Balaban J connectivity index is 1.68. The van der Waals surface area contributed by atoms with Crippen LogP contribution in [-0.4, -0.2) is 25.0 Å². The van der Waals surface area contributed by atoms with E-state index in [9.17, 15) is 9.59 Å². The van der Waals surface area contributed by atoms with Crippen LogP contribution >= 0.6 is 11.6 Å². The minimum atomic E-state index is -0.520. The molecule has 6 nitrogen and oxygen atoms in total. The van der Waals surface area contributed by atoms with Crippen LogP contribution < -0.4 is 20.5 Å². The third kappa shape index (κ3) is 4.10. The van der Waals surface area contributed by atoms with E-state index < -0.39 is 5.91 Å². The zero-order valence-corrected chi connectivity index (χ0v) is 13.9. The van der Waals surface area contributed by atoms with E-state index >= 15 is 0 Å². The third-order valence-corrected chi connectivity index (χ3v) is 3.76. The van der Waals surface area contributed by atoms with Gasteiger partial charge in [-0.15, -0.1) is 0 Å². The number of hydrogen-bond donors (Lipinski definition) is 2. The zero-order chi connectivity index (χ0) is 17.8. The summed E-state index contributed by atoms with van der Waals surface area (Å²) in [5.41, 5.74) is 6.82. The molecule has 0 atom stereocenters. The molecular formula is C18H15ClN2O4. The van der Waals surface area contributed by atoms with Crippen LogP contribution in [0.2, 0.25) is 5.02 Å². The van der Waals surface area contributed by atoms with Crippen molar-refractivity contribution in [3.63, 3.8) is 0 Å². The number of fused-ring (bicyclic) bond motifs is 1. The molecule has 1 heterocycles. The smallest absolute Gasteiger partial charge is 0.248 e. The molecule has 0 spiro atoms. The summed E-state index contributed by atoms with van der Waals surface area (Å²) >= 11 is 6.16. The maximum atomic E-state index is 12.0. The van der Waals surface area contributed by atoms with Gasteiger partial charge in [-0.3, -0.25) is 9.59 Å². The number of benzene rings is 2. The van der Waals surface area contributed by atoms with Gasteiger partial charge in [0.05, 0.1) is 5.02 Å². The molecule has 0 fully saturated rings. The fraction of sp³-hybridized carbons (Fsp3) is 0.111. The first-order valence-electron chi connectivity index (χ1n) is 7.51. The first-order chi connectivity index (χ1) is 12.0. The quantitative estimate of drug-likeness (QED) is 0.822. The molecule has 25 heavy (non-hydrogen) atoms. The summed E-state index contributed by atoms with van der Waals surface area (Å²) in [7, 11) is 0. The highest BCUT2D eigenvalue weighted by molar-refractivity contribution is 6.32. The van der Waals surface area contributed by atoms with Crippen LogP contribution in [0.5, 0.6) is 11.5 Å². The monoisotopic (exact) mass is 358 g/mol. The molecule has 7 heteroatoms. The number of primary amides is 1. The van der Waals surface area contributed by atoms with E-state index in [0.29, 0.717) is 46.5 Å². The van der Waals surface area contributed by atoms with Crippen molar-refractivity contribution in [2.24, 2.45) is 5.73 Å². The lowest BCUT2D eigenvalue weighted by Gasteiger charge is -2.19. The fourth-order valence-corrected chi connectivity index (χ4v) is 2.57. The van der Waals surface area contributed by atoms with Crippen molar-refractivity contribution in [1.82, 2.24) is 0 Å². The van der Waals surface area contributed by atoms with Crippen molar-refractivity contribution in [2.45, 2.75) is 0 Å². The highest BCUT2D eigenvalue weighted by Gasteiger charge is 2.15. The molecule has 1 aliphatic rings. The number of rotatable bonds is 4. The van der Waals surface area contributed by atoms with E-state index in [1.165, 1.54) is 6.08 Å². The van der Waals surface area contributed by atoms with Crippen LogP contribution in [-0.2, 0) is 4.79 Å². The summed E-state index contributed by atoms with van der Waals surface area (Å²) in [6.07, 6.45) is 3.00. The van der Waals surface area contributed by atoms with E-state index in [0.717, 1.165) is 0 Å². The molecule has 1 aliphatic heterocycles. The number of halogens is 1. The second-order valence-corrected chi connectivity index (χ2v) is 5.70. The normalized spacial score (nSPS) is 12.8. The second kappa shape index (κ2) is 7.27. The first kappa shape index (κ1) is 16.9. The highest BCUT2D eigenvalue weighted by Crippen LogP contribution is 2.38. The summed E-state index contributed by atoms with van der Waals surface area (Å²) in [5.74, 6) is 0.232. The topological polar surface area (TPSA) is 90.7 Å². The molecule has 0 unspecified atom stereocenters. The van der Waals surface area contributed by atoms with Crippen LogP contribution in [0.3, 0.4) is 0 Å². The van der Waals surface area contributed by atoms with Crippen molar-refractivity contribution in [1.29, 1.82) is 0 Å². The highest BCUT2D eigenvalue weighted by atomic mass is 35.5. The lowest BCUT2D eigenvalue weighted by atomic mass is 10.1. The second-order valence-electron chi connectivity index (χ2n) is 5.29. The number of nitrogens with two attached hydrogens (primary N) is 1. The Hall–Kier alpha value is -2.99. The number of carbonyl (C=O) groups excluding carboxylic acids is 2. The van der Waals surface area contributed by atoms with Gasteiger partial charge in [0.15, 0.2) is 11.5 Å². The standard InChI is InChI=1S/C18H15ClN2O4/c19-14-9-11(10-15-17(14)25-8-7-24-15)1-6-16(22)21-13-4-2-12(3-5-13)18(20)23/h1-6,9-10H,7-8H2,(H2,20,23)(H,21,22)/b6-1+. The average molecular weight is 359 g/mol. The Labute approximate surface area is 149 Å². The van der Waals surface area contributed by atoms with Crippen LogP contribution in [0.4, 0.5) is 5.69 Å². The maximum absolute atomic E-state index is 12.0. The Bertz CT molecular complexity index is 847. The molecule has 0 bridgehead atoms. The van der Waals surface area contributed by atoms with Gasteiger partial charge in [-0.1, -0.05) is 11.6 Å². The molecule has 3 rings (SSSR count). The molecule has 128 valence electrons. The van der Waals surface area contributed by atoms with Gasteiger partial charge in [0.1, 0.15) is 13.2 Å². The number of amides is 2. The Kier molecular flexibility index (Phi) is 4.90. The molecule has 0 saturated carbocycles. The van der Waals surface area contributed by atoms with Gasteiger partial charge >= 0.3 is 0 Å². The molecule has 2 amide bonds. The predicted octanol–water partition coefficient (Wildman–Crippen LogP) is 2.86. The predicted molar refractivity (Wildman–Crippen MR) is 95.1 cm³/mol. The van der Waals surface area contributed by atoms with E-state index in [-0.39, 0.29) is 5.91 Å². The summed E-state index contributed by atoms with van der Waals surface area (Å²) in [6.45, 7) is 0.914. The summed E-state index contributed by atoms with van der Waals surface area (Å²) in [4.78, 5) is 23.0. The number of ether oxygens (including phenoxy) is 2. The van der Waals surface area contributed by atoms with Gasteiger partial charge in [0.2, 0.25) is 11.8 Å². The first-order valence-corrected chi connectivity index (χ1v) is 7.89. The average Bonchev–Trinajstić information content (AvgIpc) is 2.60. The third-order valence-electron chi connectivity index (χ3n) is 3.48. The minimum Gasteiger partial charge on any atom is -0.486 e. The van der Waals surface area contributed by atoms with E-state index in [1.807, 2.05) is 0 Å². The Morgan fingerprint density at radius 3 is 2.56 bits per heavy atom. The summed E-state index contributed by atoms with van der Waals surface area (Å²) in [5, 5.41) is 3.12. The Morgan fingerprint density at radius 2 is 1.84 bits per heavy atom. The number of hydrogen-bond acceptors (Lipinski definition) is 4. The lowest BCUT2D eigenvalue weighted by Crippen LogP contribution is -2.15. The van der Waals surface area contributed by atoms with Crippen molar-refractivity contribution in [3.8, 4) is 11.5 Å². The molecular weight excluding hydrogens is 344 g/mol. The Morgan fingerprint density at radius 1 is 1.12 bits per heavy atom. The SMILES string of the molecule is NC(=O)c1ccc(NC(=O)/C=C/c2cc(Cl)c3c(c2)OCCO3)cc1. The summed E-state index contributed by atoms with van der Waals surface area (Å²) < 4.78 is 10.9. The molecule has 2 aromatic carbocycles. The van der Waals surface area contributed by atoms with Crippen LogP contribution in [0.25, 0.3) is 6.08 Å². The van der Waals surface area contributed by atoms with E-state index in [4.69, 9.17) is 26.8 Å². The van der Waals surface area contributed by atoms with Gasteiger partial charge in [0, 0.05) is 17.3 Å². The number of anilines is 1. The van der Waals surface area contributed by atoms with Crippen molar-refractivity contribution in [2.75, 3.05) is 18.5 Å². The molecule has 2 aromatic rings. The lowest BCUT2D eigenvalue weighted by molar-refractivity contribution is -0.111. The molecule has 0 saturated heterocycles. The molecule has 0 radical (unpaired) electrons. The fourth-order valence-electron chi connectivity index (χ4n) is 2.30. The minimum absolute atomic E-state index is 0.321. The largest absolute Gasteiger partial charge is 0.486 e. The van der Waals surface area contributed by atoms with Crippen LogP contribution in [0.1, 0.15) is 15.9 Å². The van der Waals surface area contributed by atoms with Crippen molar-refractivity contribution in [3.05, 3.63) is 58.6 Å². The van der Waals surface area contributed by atoms with Crippen LogP contribution in [0, 0.1) is 0 Å². The van der Waals surface area contributed by atoms with E-state index in [2.05, 4.69) is 5.32 Å². The number of nitrogens with one attached hydrogen (secondary N) is 1. The van der Waals surface area contributed by atoms with Crippen molar-refractivity contribution < 1.29 is 19.1 Å². The maximum Gasteiger partial charge on any atom is 0.248 e. The molecule has 3 N–H and O–H groups in total. The van der Waals surface area contributed by atoms with Gasteiger partial charge in [-0.05, 0) is 48.0 Å². The van der Waals surface area contributed by atoms with Gasteiger partial charge in [-0.2, -0.15) is 0 Å². The molecule has 0 aliphatic carbocycles. The summed E-state index contributed by atoms with van der Waals surface area (Å²) in [6, 6.07) is 9.75. The van der Waals surface area contributed by atoms with Crippen LogP contribution in [0.15, 0.2) is 42.5 Å². The van der Waals surface area contributed by atoms with Gasteiger partial charge in [-0.25, -0.2) is 0 Å². The number of carbonyl (C=O) groups is 2. The zero-order valence-electron chi connectivity index (χ0n) is 13.1. The van der Waals surface area contributed by atoms with Crippen molar-refractivity contribution >= 4 is 35.2 Å². The van der Waals surface area contributed by atoms with Gasteiger partial charge < -0.3 is 20.5 Å². The van der Waals surface area contributed by atoms with Gasteiger partial charge in [0.25, 0.3) is 0 Å². The van der Waals surface area contributed by atoms with E-state index in [1.54, 1.807) is 42.5 Å².